The first kappa shape index (κ1) is 22.4. The van der Waals surface area contributed by atoms with E-state index in [0.29, 0.717) is 17.9 Å². The zero-order chi connectivity index (χ0) is 22.6. The first-order valence-electron chi connectivity index (χ1n) is 10.4. The summed E-state index contributed by atoms with van der Waals surface area (Å²) in [6, 6.07) is 12.8. The van der Waals surface area contributed by atoms with E-state index in [9.17, 15) is 9.59 Å². The normalized spacial score (nSPS) is 15.7. The van der Waals surface area contributed by atoms with Gasteiger partial charge in [0.1, 0.15) is 5.75 Å². The molecule has 6 nitrogen and oxygen atoms in total. The zero-order valence-corrected chi connectivity index (χ0v) is 18.7. The van der Waals surface area contributed by atoms with Gasteiger partial charge in [-0.1, -0.05) is 32.0 Å². The number of anilines is 1. The Balaban J connectivity index is 1.84. The molecule has 0 saturated heterocycles. The van der Waals surface area contributed by atoms with Crippen molar-refractivity contribution in [2.75, 3.05) is 19.0 Å². The molecular formula is C25H30N2O4. The molecule has 1 amide bonds. The number of carbonyl (C=O) groups excluding carboxylic acids is 2. The van der Waals surface area contributed by atoms with Gasteiger partial charge in [0.15, 0.2) is 5.78 Å². The zero-order valence-electron chi connectivity index (χ0n) is 18.7. The minimum atomic E-state index is -0.534. The summed E-state index contributed by atoms with van der Waals surface area (Å²) in [6.45, 7) is 8.47. The van der Waals surface area contributed by atoms with Crippen LogP contribution in [0.1, 0.15) is 49.2 Å². The molecule has 0 aliphatic carbocycles. The molecule has 6 heteroatoms. The molecule has 1 heterocycles. The topological polar surface area (TPSA) is 76.7 Å². The summed E-state index contributed by atoms with van der Waals surface area (Å²) < 4.78 is 10.5. The molecule has 31 heavy (non-hydrogen) atoms. The number of fused-ring (bicyclic) bond motifs is 1. The van der Waals surface area contributed by atoms with Crippen LogP contribution in [0.3, 0.4) is 0 Å². The van der Waals surface area contributed by atoms with Crippen molar-refractivity contribution in [2.45, 2.75) is 39.7 Å². The maximum absolute atomic E-state index is 13.0. The lowest BCUT2D eigenvalue weighted by molar-refractivity contribution is 0.104. The van der Waals surface area contributed by atoms with Gasteiger partial charge in [0.2, 0.25) is 0 Å². The number of rotatable bonds is 6. The molecule has 3 rings (SSSR count). The Hall–Kier alpha value is -3.28. The second-order valence-electron chi connectivity index (χ2n) is 8.83. The molecule has 0 radical (unpaired) electrons. The van der Waals surface area contributed by atoms with Crippen LogP contribution in [-0.4, -0.2) is 31.1 Å². The average Bonchev–Trinajstić information content (AvgIpc) is 2.71. The Bertz CT molecular complexity index is 1010. The molecule has 0 saturated carbocycles. The lowest BCUT2D eigenvalue weighted by Gasteiger charge is -2.35. The van der Waals surface area contributed by atoms with E-state index in [4.69, 9.17) is 9.47 Å². The number of carbonyl (C=O) groups is 2. The van der Waals surface area contributed by atoms with E-state index in [0.717, 1.165) is 29.0 Å². The number of hydrogen-bond donors (Lipinski definition) is 2. The van der Waals surface area contributed by atoms with Crippen LogP contribution in [-0.2, 0) is 11.2 Å². The van der Waals surface area contributed by atoms with Crippen molar-refractivity contribution in [3.8, 4) is 5.75 Å². The summed E-state index contributed by atoms with van der Waals surface area (Å²) in [5.74, 6) is 0.830. The fourth-order valence-corrected chi connectivity index (χ4v) is 3.51. The van der Waals surface area contributed by atoms with E-state index in [-0.39, 0.29) is 17.2 Å². The van der Waals surface area contributed by atoms with Crippen molar-refractivity contribution in [1.82, 2.24) is 5.32 Å². The molecule has 2 aromatic carbocycles. The average molecular weight is 423 g/mol. The van der Waals surface area contributed by atoms with Gasteiger partial charge in [-0.05, 0) is 56.0 Å². The molecule has 164 valence electrons. The Kier molecular flexibility index (Phi) is 6.68. The van der Waals surface area contributed by atoms with E-state index in [1.807, 2.05) is 32.0 Å². The third-order valence-electron chi connectivity index (χ3n) is 4.93. The van der Waals surface area contributed by atoms with Crippen LogP contribution in [0, 0.1) is 5.92 Å². The van der Waals surface area contributed by atoms with Crippen LogP contribution in [0.5, 0.6) is 5.75 Å². The largest absolute Gasteiger partial charge is 0.497 e. The lowest BCUT2D eigenvalue weighted by atomic mass is 9.85. The predicted octanol–water partition coefficient (Wildman–Crippen LogP) is 5.05. The molecule has 1 aliphatic heterocycles. The van der Waals surface area contributed by atoms with Gasteiger partial charge >= 0.3 is 6.09 Å². The minimum absolute atomic E-state index is 0.159. The summed E-state index contributed by atoms with van der Waals surface area (Å²) in [6.07, 6.45) is 1.92. The summed E-state index contributed by atoms with van der Waals surface area (Å²) in [7, 11) is 1.63. The first-order valence-corrected chi connectivity index (χ1v) is 10.4. The van der Waals surface area contributed by atoms with E-state index < -0.39 is 6.09 Å². The predicted molar refractivity (Wildman–Crippen MR) is 122 cm³/mol. The maximum atomic E-state index is 13.0. The van der Waals surface area contributed by atoms with Crippen LogP contribution < -0.4 is 15.4 Å². The van der Waals surface area contributed by atoms with Gasteiger partial charge in [-0.2, -0.15) is 0 Å². The van der Waals surface area contributed by atoms with Gasteiger partial charge < -0.3 is 14.8 Å². The van der Waals surface area contributed by atoms with Gasteiger partial charge in [0, 0.05) is 34.1 Å². The number of hydrogen-bond acceptors (Lipinski definition) is 5. The Morgan fingerprint density at radius 3 is 2.68 bits per heavy atom. The van der Waals surface area contributed by atoms with Crippen LogP contribution in [0.25, 0.3) is 5.70 Å². The van der Waals surface area contributed by atoms with Gasteiger partial charge in [-0.3, -0.25) is 10.1 Å². The highest BCUT2D eigenvalue weighted by Crippen LogP contribution is 2.32. The van der Waals surface area contributed by atoms with Gasteiger partial charge in [-0.15, -0.1) is 0 Å². The molecule has 2 N–H and O–H groups in total. The summed E-state index contributed by atoms with van der Waals surface area (Å²) in [4.78, 5) is 25.0. The SMILES string of the molecule is COc1ccc2c(c1)C(=CC(=O)c1cccc(NC(=O)OCC(C)C)c1)NC(C)(C)C2. The number of benzene rings is 2. The molecule has 0 atom stereocenters. The fourth-order valence-electron chi connectivity index (χ4n) is 3.51. The molecular weight excluding hydrogens is 392 g/mol. The number of allylic oxidation sites excluding steroid dienone is 1. The van der Waals surface area contributed by atoms with Gasteiger partial charge in [0.25, 0.3) is 0 Å². The Morgan fingerprint density at radius 2 is 1.97 bits per heavy atom. The Labute approximate surface area is 183 Å². The molecule has 2 aromatic rings. The molecule has 0 fully saturated rings. The van der Waals surface area contributed by atoms with E-state index in [2.05, 4.69) is 24.5 Å². The number of amides is 1. The van der Waals surface area contributed by atoms with E-state index in [1.54, 1.807) is 37.5 Å². The third-order valence-corrected chi connectivity index (χ3v) is 4.93. The second-order valence-corrected chi connectivity index (χ2v) is 8.83. The molecule has 1 aliphatic rings. The highest BCUT2D eigenvalue weighted by molar-refractivity contribution is 6.09. The smallest absolute Gasteiger partial charge is 0.411 e. The van der Waals surface area contributed by atoms with Gasteiger partial charge in [-0.25, -0.2) is 4.79 Å². The number of nitrogens with one attached hydrogen (secondary N) is 2. The monoisotopic (exact) mass is 422 g/mol. The molecule has 0 bridgehead atoms. The third kappa shape index (κ3) is 5.87. The van der Waals surface area contributed by atoms with Crippen molar-refractivity contribution < 1.29 is 19.1 Å². The quantitative estimate of drug-likeness (QED) is 0.503. The van der Waals surface area contributed by atoms with Crippen molar-refractivity contribution in [2.24, 2.45) is 5.92 Å². The van der Waals surface area contributed by atoms with E-state index >= 15 is 0 Å². The van der Waals surface area contributed by atoms with Crippen LogP contribution in [0.2, 0.25) is 0 Å². The Morgan fingerprint density at radius 1 is 1.19 bits per heavy atom. The maximum Gasteiger partial charge on any atom is 0.411 e. The van der Waals surface area contributed by atoms with Crippen LogP contribution >= 0.6 is 0 Å². The van der Waals surface area contributed by atoms with Crippen LogP contribution in [0.4, 0.5) is 10.5 Å². The van der Waals surface area contributed by atoms with E-state index in [1.165, 1.54) is 0 Å². The highest BCUT2D eigenvalue weighted by atomic mass is 16.5. The highest BCUT2D eigenvalue weighted by Gasteiger charge is 2.28. The lowest BCUT2D eigenvalue weighted by Crippen LogP contribution is -2.43. The minimum Gasteiger partial charge on any atom is -0.497 e. The van der Waals surface area contributed by atoms with Crippen molar-refractivity contribution in [3.05, 3.63) is 65.2 Å². The standard InChI is InChI=1S/C25H30N2O4/c1-16(2)15-31-24(29)26-19-8-6-7-17(11-19)23(28)13-22-21-12-20(30-5)10-9-18(21)14-25(3,4)27-22/h6-13,16,27H,14-15H2,1-5H3,(H,26,29). The summed E-state index contributed by atoms with van der Waals surface area (Å²) in [5.41, 5.74) is 3.67. The number of methoxy groups -OCH3 is 1. The molecule has 0 unspecified atom stereocenters. The summed E-state index contributed by atoms with van der Waals surface area (Å²) >= 11 is 0. The van der Waals surface area contributed by atoms with Crippen molar-refractivity contribution >= 4 is 23.3 Å². The van der Waals surface area contributed by atoms with Crippen molar-refractivity contribution in [1.29, 1.82) is 0 Å². The molecule has 0 spiro atoms. The first-order chi connectivity index (χ1) is 14.7. The summed E-state index contributed by atoms with van der Waals surface area (Å²) in [5, 5.41) is 6.14. The number of ether oxygens (including phenoxy) is 2. The van der Waals surface area contributed by atoms with Crippen LogP contribution in [0.15, 0.2) is 48.5 Å². The second kappa shape index (κ2) is 9.25. The number of ketones is 1. The van der Waals surface area contributed by atoms with Gasteiger partial charge in [0.05, 0.1) is 13.7 Å². The van der Waals surface area contributed by atoms with Crippen molar-refractivity contribution in [3.63, 3.8) is 0 Å². The fraction of sp³-hybridized carbons (Fsp3) is 0.360. The molecule has 0 aromatic heterocycles.